The van der Waals surface area contributed by atoms with E-state index in [4.69, 9.17) is 4.74 Å². The molecule has 0 fully saturated rings. The van der Waals surface area contributed by atoms with E-state index >= 15 is 0 Å². The summed E-state index contributed by atoms with van der Waals surface area (Å²) in [6.45, 7) is 2.19. The van der Waals surface area contributed by atoms with E-state index in [-0.39, 0.29) is 22.8 Å². The standard InChI is InChI=1S/C11H17OP.BrH/c1-2-3-9-11(13)12-10-7-5-4-6-8-10;/h4-8,11H,2-3,9,13H2,1H3;1H. The summed E-state index contributed by atoms with van der Waals surface area (Å²) in [7, 11) is 2.73. The minimum absolute atomic E-state index is 0. The molecule has 0 saturated heterocycles. The molecule has 1 aromatic rings. The third-order valence-electron chi connectivity index (χ3n) is 1.87. The largest absolute Gasteiger partial charge is 0.487 e. The fraction of sp³-hybridized carbons (Fsp3) is 0.455. The highest BCUT2D eigenvalue weighted by atomic mass is 79.9. The zero-order chi connectivity index (χ0) is 9.52. The predicted molar refractivity (Wildman–Crippen MR) is 70.4 cm³/mol. The van der Waals surface area contributed by atoms with Crippen LogP contribution in [-0.2, 0) is 0 Å². The van der Waals surface area contributed by atoms with Crippen molar-refractivity contribution >= 4 is 26.2 Å². The van der Waals surface area contributed by atoms with Gasteiger partial charge in [-0.1, -0.05) is 40.8 Å². The molecule has 0 radical (unpaired) electrons. The summed E-state index contributed by atoms with van der Waals surface area (Å²) >= 11 is 0. The van der Waals surface area contributed by atoms with Crippen LogP contribution in [0.25, 0.3) is 0 Å². The maximum atomic E-state index is 5.68. The second-order valence-electron chi connectivity index (χ2n) is 3.11. The van der Waals surface area contributed by atoms with Gasteiger partial charge in [-0.25, -0.2) is 0 Å². The number of rotatable bonds is 5. The summed E-state index contributed by atoms with van der Waals surface area (Å²) < 4.78 is 5.68. The summed E-state index contributed by atoms with van der Waals surface area (Å²) in [6, 6.07) is 9.96. The molecule has 0 aromatic heterocycles. The van der Waals surface area contributed by atoms with Crippen molar-refractivity contribution in [3.8, 4) is 5.75 Å². The van der Waals surface area contributed by atoms with Crippen LogP contribution in [0.15, 0.2) is 30.3 Å². The molecule has 0 amide bonds. The van der Waals surface area contributed by atoms with Gasteiger partial charge in [0.15, 0.2) is 0 Å². The molecule has 80 valence electrons. The second kappa shape index (κ2) is 8.26. The van der Waals surface area contributed by atoms with E-state index in [1.165, 1.54) is 12.8 Å². The summed E-state index contributed by atoms with van der Waals surface area (Å²) in [5, 5.41) is 0. The quantitative estimate of drug-likeness (QED) is 0.738. The smallest absolute Gasteiger partial charge is 0.120 e. The third kappa shape index (κ3) is 5.62. The Bertz CT molecular complexity index is 228. The van der Waals surface area contributed by atoms with E-state index in [1.807, 2.05) is 30.3 Å². The number of ether oxygens (including phenoxy) is 1. The number of hydrogen-bond donors (Lipinski definition) is 0. The van der Waals surface area contributed by atoms with Crippen molar-refractivity contribution in [3.05, 3.63) is 30.3 Å². The first-order chi connectivity index (χ1) is 6.33. The normalized spacial score (nSPS) is 11.6. The van der Waals surface area contributed by atoms with Crippen LogP contribution in [0.1, 0.15) is 26.2 Å². The van der Waals surface area contributed by atoms with Crippen molar-refractivity contribution in [2.75, 3.05) is 0 Å². The van der Waals surface area contributed by atoms with Gasteiger partial charge in [-0.05, 0) is 25.0 Å². The highest BCUT2D eigenvalue weighted by molar-refractivity contribution is 8.93. The summed E-state index contributed by atoms with van der Waals surface area (Å²) in [5.41, 5.74) is 0. The van der Waals surface area contributed by atoms with Crippen LogP contribution >= 0.6 is 26.2 Å². The van der Waals surface area contributed by atoms with E-state index in [9.17, 15) is 0 Å². The molecular formula is C11H18BrOP. The van der Waals surface area contributed by atoms with Crippen molar-refractivity contribution in [2.24, 2.45) is 0 Å². The van der Waals surface area contributed by atoms with Crippen LogP contribution in [0.4, 0.5) is 0 Å². The summed E-state index contributed by atoms with van der Waals surface area (Å²) in [5.74, 6) is 1.21. The maximum absolute atomic E-state index is 5.68. The van der Waals surface area contributed by atoms with Crippen LogP contribution in [-0.4, -0.2) is 5.85 Å². The first kappa shape index (κ1) is 13.9. The fourth-order valence-electron chi connectivity index (χ4n) is 1.14. The van der Waals surface area contributed by atoms with Gasteiger partial charge in [-0.15, -0.1) is 17.0 Å². The Hall–Kier alpha value is -0.0700. The Kier molecular flexibility index (Phi) is 8.21. The van der Waals surface area contributed by atoms with E-state index in [1.54, 1.807) is 0 Å². The molecule has 14 heavy (non-hydrogen) atoms. The predicted octanol–water partition coefficient (Wildman–Crippen LogP) is 4.03. The number of halogens is 1. The van der Waals surface area contributed by atoms with Crippen molar-refractivity contribution in [1.82, 2.24) is 0 Å². The van der Waals surface area contributed by atoms with Crippen molar-refractivity contribution < 1.29 is 4.74 Å². The Morgan fingerprint density at radius 3 is 2.50 bits per heavy atom. The lowest BCUT2D eigenvalue weighted by Crippen LogP contribution is -2.07. The Morgan fingerprint density at radius 1 is 1.29 bits per heavy atom. The molecule has 0 heterocycles. The minimum Gasteiger partial charge on any atom is -0.487 e. The molecule has 1 nitrogen and oxygen atoms in total. The molecule has 2 atom stereocenters. The lowest BCUT2D eigenvalue weighted by atomic mass is 10.2. The second-order valence-corrected chi connectivity index (χ2v) is 3.86. The summed E-state index contributed by atoms with van der Waals surface area (Å²) in [4.78, 5) is 0. The monoisotopic (exact) mass is 276 g/mol. The van der Waals surface area contributed by atoms with Gasteiger partial charge in [0.05, 0.1) is 0 Å². The Balaban J connectivity index is 0.00000169. The van der Waals surface area contributed by atoms with E-state index in [0.29, 0.717) is 0 Å². The van der Waals surface area contributed by atoms with Gasteiger partial charge in [0.2, 0.25) is 0 Å². The minimum atomic E-state index is 0. The van der Waals surface area contributed by atoms with E-state index in [2.05, 4.69) is 16.2 Å². The first-order valence-electron chi connectivity index (χ1n) is 4.80. The average molecular weight is 277 g/mol. The van der Waals surface area contributed by atoms with Crippen molar-refractivity contribution in [3.63, 3.8) is 0 Å². The van der Waals surface area contributed by atoms with Crippen LogP contribution in [0.3, 0.4) is 0 Å². The van der Waals surface area contributed by atoms with Crippen molar-refractivity contribution in [2.45, 2.75) is 32.0 Å². The van der Waals surface area contributed by atoms with Crippen LogP contribution in [0, 0.1) is 0 Å². The fourth-order valence-corrected chi connectivity index (χ4v) is 1.53. The molecule has 0 aliphatic rings. The zero-order valence-electron chi connectivity index (χ0n) is 8.48. The van der Waals surface area contributed by atoms with Gasteiger partial charge in [0.1, 0.15) is 11.6 Å². The molecule has 2 unspecified atom stereocenters. The van der Waals surface area contributed by atoms with Crippen LogP contribution in [0.2, 0.25) is 0 Å². The molecule has 0 aliphatic carbocycles. The number of hydrogen-bond acceptors (Lipinski definition) is 1. The van der Waals surface area contributed by atoms with Gasteiger partial charge < -0.3 is 4.74 Å². The topological polar surface area (TPSA) is 9.23 Å². The molecule has 0 bridgehead atoms. The number of unbranched alkanes of at least 4 members (excludes halogenated alkanes) is 1. The third-order valence-corrected chi connectivity index (χ3v) is 2.34. The number of para-hydroxylation sites is 1. The highest BCUT2D eigenvalue weighted by Crippen LogP contribution is 2.17. The Labute approximate surface area is 99.2 Å². The molecular weight excluding hydrogens is 259 g/mol. The molecule has 0 N–H and O–H groups in total. The van der Waals surface area contributed by atoms with Crippen LogP contribution < -0.4 is 4.74 Å². The zero-order valence-corrected chi connectivity index (χ0v) is 11.3. The van der Waals surface area contributed by atoms with Gasteiger partial charge in [-0.3, -0.25) is 0 Å². The summed E-state index contributed by atoms with van der Waals surface area (Å²) in [6.07, 6.45) is 3.56. The lowest BCUT2D eigenvalue weighted by molar-refractivity contribution is 0.272. The SMILES string of the molecule is Br.CCCCC(P)Oc1ccccc1. The maximum Gasteiger partial charge on any atom is 0.120 e. The number of benzene rings is 1. The van der Waals surface area contributed by atoms with Crippen molar-refractivity contribution in [1.29, 1.82) is 0 Å². The van der Waals surface area contributed by atoms with Gasteiger partial charge in [0.25, 0.3) is 0 Å². The average Bonchev–Trinajstić information content (AvgIpc) is 2.16. The molecule has 0 saturated carbocycles. The Morgan fingerprint density at radius 2 is 1.93 bits per heavy atom. The molecule has 0 spiro atoms. The molecule has 3 heteroatoms. The van der Waals surface area contributed by atoms with Gasteiger partial charge in [0, 0.05) is 0 Å². The molecule has 1 rings (SSSR count). The molecule has 0 aliphatic heterocycles. The van der Waals surface area contributed by atoms with Gasteiger partial charge >= 0.3 is 0 Å². The van der Waals surface area contributed by atoms with E-state index in [0.717, 1.165) is 12.2 Å². The van der Waals surface area contributed by atoms with E-state index < -0.39 is 0 Å². The highest BCUT2D eigenvalue weighted by Gasteiger charge is 2.01. The van der Waals surface area contributed by atoms with Crippen LogP contribution in [0.5, 0.6) is 5.75 Å². The van der Waals surface area contributed by atoms with Gasteiger partial charge in [-0.2, -0.15) is 0 Å². The lowest BCUT2D eigenvalue weighted by Gasteiger charge is -2.13. The molecule has 1 aromatic carbocycles. The first-order valence-corrected chi connectivity index (χ1v) is 5.47.